The second-order valence-electron chi connectivity index (χ2n) is 3.18. The second-order valence-corrected chi connectivity index (χ2v) is 4.41. The number of hydrogen-bond donors (Lipinski definition) is 0. The molecule has 0 aromatic heterocycles. The van der Waals surface area contributed by atoms with Gasteiger partial charge in [0.1, 0.15) is 0 Å². The Kier molecular flexibility index (Phi) is 1.68. The van der Waals surface area contributed by atoms with Gasteiger partial charge in [-0.3, -0.25) is 0 Å². The van der Waals surface area contributed by atoms with Gasteiger partial charge >= 0.3 is 0 Å². The second kappa shape index (κ2) is 2.56. The van der Waals surface area contributed by atoms with E-state index >= 15 is 0 Å². The summed E-state index contributed by atoms with van der Waals surface area (Å²) in [5, 5.41) is 0. The van der Waals surface area contributed by atoms with Crippen LogP contribution in [0.15, 0.2) is 34.3 Å². The molecule has 0 radical (unpaired) electrons. The zero-order valence-electron chi connectivity index (χ0n) is 6.92. The first-order valence-electron chi connectivity index (χ1n) is 3.97. The van der Waals surface area contributed by atoms with Crippen molar-refractivity contribution in [1.82, 2.24) is 0 Å². The highest BCUT2D eigenvalue weighted by atomic mass is 32.2. The first-order valence-corrected chi connectivity index (χ1v) is 4.96. The topological polar surface area (TPSA) is 0 Å². The van der Waals surface area contributed by atoms with E-state index in [9.17, 15) is 0 Å². The first-order chi connectivity index (χ1) is 5.27. The molecular formula is C10H12S. The number of thioether (sulfide) groups is 1. The zero-order valence-corrected chi connectivity index (χ0v) is 7.74. The number of rotatable bonds is 0. The van der Waals surface area contributed by atoms with Crippen LogP contribution in [0.2, 0.25) is 0 Å². The fourth-order valence-corrected chi connectivity index (χ4v) is 2.68. The van der Waals surface area contributed by atoms with E-state index in [0.29, 0.717) is 5.92 Å². The molecule has 58 valence electrons. The van der Waals surface area contributed by atoms with Crippen molar-refractivity contribution >= 4 is 11.8 Å². The van der Waals surface area contributed by atoms with Crippen molar-refractivity contribution in [1.29, 1.82) is 0 Å². The summed E-state index contributed by atoms with van der Waals surface area (Å²) < 4.78 is 0. The third kappa shape index (κ3) is 1.18. The first kappa shape index (κ1) is 7.23. The molecule has 0 aromatic rings. The fraction of sp³-hybridized carbons (Fsp3) is 0.400. The molecule has 0 nitrogen and oxygen atoms in total. The predicted octanol–water partition coefficient (Wildman–Crippen LogP) is 3.14. The molecule has 0 N–H and O–H groups in total. The summed E-state index contributed by atoms with van der Waals surface area (Å²) in [6, 6.07) is 0. The summed E-state index contributed by atoms with van der Waals surface area (Å²) in [5.74, 6) is 1.96. The summed E-state index contributed by atoms with van der Waals surface area (Å²) in [6.45, 7) is 4.39. The maximum absolute atomic E-state index is 2.33. The van der Waals surface area contributed by atoms with Crippen LogP contribution in [-0.2, 0) is 0 Å². The van der Waals surface area contributed by atoms with Gasteiger partial charge in [-0.05, 0) is 24.3 Å². The fourth-order valence-electron chi connectivity index (χ4n) is 1.58. The molecule has 0 fully saturated rings. The summed E-state index contributed by atoms with van der Waals surface area (Å²) in [5.41, 5.74) is 2.94. The highest BCUT2D eigenvalue weighted by molar-refractivity contribution is 8.03. The van der Waals surface area contributed by atoms with E-state index in [2.05, 4.69) is 32.1 Å². The molecule has 2 rings (SSSR count). The van der Waals surface area contributed by atoms with Crippen LogP contribution in [0.4, 0.5) is 0 Å². The molecule has 1 atom stereocenters. The molecule has 0 saturated carbocycles. The maximum atomic E-state index is 2.33. The minimum absolute atomic E-state index is 0.712. The lowest BCUT2D eigenvalue weighted by molar-refractivity contribution is 0.905. The van der Waals surface area contributed by atoms with Crippen LogP contribution in [0.25, 0.3) is 0 Å². The van der Waals surface area contributed by atoms with Crippen LogP contribution in [-0.4, -0.2) is 5.75 Å². The minimum atomic E-state index is 0.712. The number of allylic oxidation sites excluding steroid dienone is 6. The molecule has 0 saturated heterocycles. The van der Waals surface area contributed by atoms with Crippen molar-refractivity contribution < 1.29 is 0 Å². The van der Waals surface area contributed by atoms with Gasteiger partial charge in [0.15, 0.2) is 0 Å². The Balaban J connectivity index is 2.40. The van der Waals surface area contributed by atoms with Gasteiger partial charge < -0.3 is 0 Å². The molecule has 0 amide bonds. The summed E-state index contributed by atoms with van der Waals surface area (Å²) in [4.78, 5) is 1.51. The molecular weight excluding hydrogens is 152 g/mol. The zero-order chi connectivity index (χ0) is 7.84. The minimum Gasteiger partial charge on any atom is -0.130 e. The molecule has 11 heavy (non-hydrogen) atoms. The lowest BCUT2D eigenvalue weighted by Crippen LogP contribution is -2.00. The van der Waals surface area contributed by atoms with E-state index in [1.807, 2.05) is 11.8 Å². The smallest absolute Gasteiger partial charge is 0.0123 e. The Morgan fingerprint density at radius 3 is 3.09 bits per heavy atom. The lowest BCUT2D eigenvalue weighted by Gasteiger charge is -2.11. The predicted molar refractivity (Wildman–Crippen MR) is 51.5 cm³/mol. The molecule has 1 aliphatic heterocycles. The van der Waals surface area contributed by atoms with Crippen molar-refractivity contribution in [3.05, 3.63) is 34.3 Å². The summed E-state index contributed by atoms with van der Waals surface area (Å²) in [7, 11) is 0. The van der Waals surface area contributed by atoms with Crippen LogP contribution in [0.5, 0.6) is 0 Å². The standard InChI is InChI=1S/C10H12S/c1-7-3-4-9-6-11-8(2)10(9)5-7/h3-5,9H,6H2,1-2H3. The number of hydrogen-bond acceptors (Lipinski definition) is 1. The molecule has 2 aliphatic rings. The monoisotopic (exact) mass is 164 g/mol. The SMILES string of the molecule is CC1=CC2=C(C)SCC2C=C1. The van der Waals surface area contributed by atoms with Crippen molar-refractivity contribution in [2.24, 2.45) is 5.92 Å². The van der Waals surface area contributed by atoms with Gasteiger partial charge in [0.25, 0.3) is 0 Å². The van der Waals surface area contributed by atoms with E-state index in [4.69, 9.17) is 0 Å². The van der Waals surface area contributed by atoms with Gasteiger partial charge in [-0.25, -0.2) is 0 Å². The van der Waals surface area contributed by atoms with Gasteiger partial charge in [0.05, 0.1) is 0 Å². The van der Waals surface area contributed by atoms with Crippen LogP contribution in [0.1, 0.15) is 13.8 Å². The molecule has 0 spiro atoms. The third-order valence-electron chi connectivity index (χ3n) is 2.26. The van der Waals surface area contributed by atoms with Gasteiger partial charge in [-0.2, -0.15) is 0 Å². The average molecular weight is 164 g/mol. The van der Waals surface area contributed by atoms with Gasteiger partial charge in [0.2, 0.25) is 0 Å². The largest absolute Gasteiger partial charge is 0.130 e. The van der Waals surface area contributed by atoms with Gasteiger partial charge in [0, 0.05) is 11.7 Å². The molecule has 1 unspecified atom stereocenters. The Bertz CT molecular complexity index is 269. The van der Waals surface area contributed by atoms with E-state index in [1.165, 1.54) is 16.2 Å². The van der Waals surface area contributed by atoms with Gasteiger partial charge in [-0.15, -0.1) is 11.8 Å². The molecule has 0 aromatic carbocycles. The molecule has 0 bridgehead atoms. The molecule has 1 heteroatoms. The normalized spacial score (nSPS) is 28.9. The van der Waals surface area contributed by atoms with Crippen molar-refractivity contribution in [2.75, 3.05) is 5.75 Å². The maximum Gasteiger partial charge on any atom is 0.0123 e. The molecule has 1 heterocycles. The van der Waals surface area contributed by atoms with Crippen LogP contribution in [0.3, 0.4) is 0 Å². The van der Waals surface area contributed by atoms with Crippen molar-refractivity contribution in [2.45, 2.75) is 13.8 Å². The Morgan fingerprint density at radius 2 is 2.27 bits per heavy atom. The Morgan fingerprint density at radius 1 is 1.45 bits per heavy atom. The Hall–Kier alpha value is -0.430. The summed E-state index contributed by atoms with van der Waals surface area (Å²) in [6.07, 6.45) is 6.88. The highest BCUT2D eigenvalue weighted by Crippen LogP contribution is 2.39. The van der Waals surface area contributed by atoms with Crippen LogP contribution < -0.4 is 0 Å². The third-order valence-corrected chi connectivity index (χ3v) is 3.45. The highest BCUT2D eigenvalue weighted by Gasteiger charge is 2.21. The number of fused-ring (bicyclic) bond motifs is 1. The average Bonchev–Trinajstić information content (AvgIpc) is 2.33. The molecule has 1 aliphatic carbocycles. The van der Waals surface area contributed by atoms with E-state index in [0.717, 1.165) is 0 Å². The van der Waals surface area contributed by atoms with E-state index in [-0.39, 0.29) is 0 Å². The van der Waals surface area contributed by atoms with Crippen molar-refractivity contribution in [3.63, 3.8) is 0 Å². The van der Waals surface area contributed by atoms with E-state index < -0.39 is 0 Å². The van der Waals surface area contributed by atoms with Gasteiger partial charge in [-0.1, -0.05) is 23.8 Å². The Labute approximate surface area is 72.1 Å². The van der Waals surface area contributed by atoms with Crippen LogP contribution in [0, 0.1) is 5.92 Å². The van der Waals surface area contributed by atoms with Crippen LogP contribution >= 0.6 is 11.8 Å². The lowest BCUT2D eigenvalue weighted by atomic mass is 9.93. The van der Waals surface area contributed by atoms with Crippen molar-refractivity contribution in [3.8, 4) is 0 Å². The van der Waals surface area contributed by atoms with E-state index in [1.54, 1.807) is 5.57 Å². The summed E-state index contributed by atoms with van der Waals surface area (Å²) >= 11 is 1.99. The quantitative estimate of drug-likeness (QED) is 0.530.